The summed E-state index contributed by atoms with van der Waals surface area (Å²) in [6.45, 7) is 2.31. The monoisotopic (exact) mass is 323 g/mol. The van der Waals surface area contributed by atoms with Crippen molar-refractivity contribution >= 4 is 17.8 Å². The molecule has 0 bridgehead atoms. The van der Waals surface area contributed by atoms with E-state index in [0.717, 1.165) is 19.4 Å². The van der Waals surface area contributed by atoms with Crippen LogP contribution in [0, 0.1) is 0 Å². The molecule has 5 N–H and O–H groups in total. The van der Waals surface area contributed by atoms with Crippen LogP contribution >= 0.6 is 0 Å². The van der Waals surface area contributed by atoms with Gasteiger partial charge in [0.05, 0.1) is 12.4 Å². The number of carbonyl (C=O) groups is 3. The second kappa shape index (κ2) is 7.73. The molecular formula is C14H21N5O4. The number of carbonyl (C=O) groups excluding carboxylic acids is 2. The fraction of sp³-hybridized carbons (Fsp3) is 0.571. The Kier molecular flexibility index (Phi) is 5.69. The highest BCUT2D eigenvalue weighted by atomic mass is 16.4. The highest BCUT2D eigenvalue weighted by Crippen LogP contribution is 2.05. The minimum absolute atomic E-state index is 0.0892. The number of hydrogen-bond donors (Lipinski definition) is 5. The van der Waals surface area contributed by atoms with Gasteiger partial charge >= 0.3 is 5.97 Å². The molecule has 0 aromatic carbocycles. The molecule has 9 nitrogen and oxygen atoms in total. The number of aromatic nitrogens is 2. The molecule has 1 aliphatic rings. The van der Waals surface area contributed by atoms with Crippen LogP contribution in [0.5, 0.6) is 0 Å². The van der Waals surface area contributed by atoms with E-state index in [2.05, 4.69) is 25.9 Å². The van der Waals surface area contributed by atoms with E-state index in [4.69, 9.17) is 0 Å². The second-order valence-corrected chi connectivity index (χ2v) is 5.56. The topological polar surface area (TPSA) is 136 Å². The van der Waals surface area contributed by atoms with Crippen molar-refractivity contribution in [3.05, 3.63) is 18.2 Å². The quantitative estimate of drug-likeness (QED) is 0.426. The normalized spacial score (nSPS) is 19.8. The molecule has 0 radical (unpaired) electrons. The fourth-order valence-corrected chi connectivity index (χ4v) is 2.40. The Morgan fingerprint density at radius 2 is 2.22 bits per heavy atom. The van der Waals surface area contributed by atoms with Gasteiger partial charge in [-0.25, -0.2) is 9.78 Å². The van der Waals surface area contributed by atoms with E-state index in [0.29, 0.717) is 5.69 Å². The predicted octanol–water partition coefficient (Wildman–Crippen LogP) is -1.22. The Morgan fingerprint density at radius 1 is 1.43 bits per heavy atom. The summed E-state index contributed by atoms with van der Waals surface area (Å²) >= 11 is 0. The maximum Gasteiger partial charge on any atom is 0.326 e. The number of nitrogens with zero attached hydrogens (tertiary/aromatic N) is 1. The van der Waals surface area contributed by atoms with Crippen LogP contribution in [0.4, 0.5) is 0 Å². The predicted molar refractivity (Wildman–Crippen MR) is 80.5 cm³/mol. The summed E-state index contributed by atoms with van der Waals surface area (Å²) < 4.78 is 0. The van der Waals surface area contributed by atoms with Crippen LogP contribution in [0.25, 0.3) is 0 Å². The highest BCUT2D eigenvalue weighted by molar-refractivity contribution is 5.91. The maximum atomic E-state index is 12.1. The minimum Gasteiger partial charge on any atom is -0.480 e. The Balaban J connectivity index is 1.87. The average molecular weight is 323 g/mol. The van der Waals surface area contributed by atoms with Crippen molar-refractivity contribution in [2.75, 3.05) is 6.54 Å². The van der Waals surface area contributed by atoms with E-state index in [-0.39, 0.29) is 18.4 Å². The fourth-order valence-electron chi connectivity index (χ4n) is 2.40. The van der Waals surface area contributed by atoms with Gasteiger partial charge in [0, 0.05) is 18.3 Å². The van der Waals surface area contributed by atoms with Crippen LogP contribution in [0.2, 0.25) is 0 Å². The number of hydrogen-bond acceptors (Lipinski definition) is 5. The van der Waals surface area contributed by atoms with Crippen molar-refractivity contribution in [1.82, 2.24) is 25.9 Å². The molecule has 9 heteroatoms. The van der Waals surface area contributed by atoms with Gasteiger partial charge in [-0.1, -0.05) is 0 Å². The SMILES string of the molecule is CC(NC(=O)C1CCCN1)C(=O)NC(Cc1cnc[nH]1)C(=O)O. The first-order valence-corrected chi connectivity index (χ1v) is 7.51. The van der Waals surface area contributed by atoms with Gasteiger partial charge in [-0.3, -0.25) is 9.59 Å². The lowest BCUT2D eigenvalue weighted by Crippen LogP contribution is -2.53. The molecular weight excluding hydrogens is 302 g/mol. The van der Waals surface area contributed by atoms with E-state index in [1.165, 1.54) is 19.4 Å². The molecule has 23 heavy (non-hydrogen) atoms. The summed E-state index contributed by atoms with van der Waals surface area (Å²) in [5, 5.41) is 17.3. The van der Waals surface area contributed by atoms with E-state index in [1.54, 1.807) is 0 Å². The molecule has 0 spiro atoms. The third-order valence-electron chi connectivity index (χ3n) is 3.72. The molecule has 2 rings (SSSR count). The van der Waals surface area contributed by atoms with Gasteiger partial charge in [-0.15, -0.1) is 0 Å². The number of H-pyrrole nitrogens is 1. The number of carboxylic acids is 1. The summed E-state index contributed by atoms with van der Waals surface area (Å²) in [7, 11) is 0. The van der Waals surface area contributed by atoms with Crippen LogP contribution in [0.15, 0.2) is 12.5 Å². The largest absolute Gasteiger partial charge is 0.480 e. The van der Waals surface area contributed by atoms with Crippen molar-refractivity contribution < 1.29 is 19.5 Å². The van der Waals surface area contributed by atoms with Crippen molar-refractivity contribution in [2.24, 2.45) is 0 Å². The van der Waals surface area contributed by atoms with Gasteiger partial charge in [-0.05, 0) is 26.3 Å². The molecule has 2 amide bonds. The summed E-state index contributed by atoms with van der Waals surface area (Å²) in [4.78, 5) is 41.9. The van der Waals surface area contributed by atoms with Gasteiger partial charge in [-0.2, -0.15) is 0 Å². The Morgan fingerprint density at radius 3 is 2.78 bits per heavy atom. The first kappa shape index (κ1) is 16.9. The van der Waals surface area contributed by atoms with Crippen molar-refractivity contribution in [2.45, 2.75) is 44.3 Å². The van der Waals surface area contributed by atoms with Gasteiger partial charge in [0.1, 0.15) is 12.1 Å². The van der Waals surface area contributed by atoms with Crippen LogP contribution in [0.1, 0.15) is 25.5 Å². The molecule has 0 saturated carbocycles. The van der Waals surface area contributed by atoms with Crippen molar-refractivity contribution in [3.63, 3.8) is 0 Å². The lowest BCUT2D eigenvalue weighted by Gasteiger charge is -2.20. The lowest BCUT2D eigenvalue weighted by molar-refractivity contribution is -0.142. The number of nitrogens with one attached hydrogen (secondary N) is 4. The van der Waals surface area contributed by atoms with E-state index in [1.807, 2.05) is 0 Å². The molecule has 0 aliphatic carbocycles. The summed E-state index contributed by atoms with van der Waals surface area (Å²) in [6, 6.07) is -2.19. The van der Waals surface area contributed by atoms with Gasteiger partial charge in [0.25, 0.3) is 0 Å². The zero-order valence-corrected chi connectivity index (χ0v) is 12.8. The molecule has 126 valence electrons. The number of aromatic amines is 1. The van der Waals surface area contributed by atoms with Crippen LogP contribution in [-0.2, 0) is 20.8 Å². The number of carboxylic acid groups (broad SMARTS) is 1. The van der Waals surface area contributed by atoms with Gasteiger partial charge in [0.15, 0.2) is 0 Å². The smallest absolute Gasteiger partial charge is 0.326 e. The molecule has 1 aliphatic heterocycles. The molecule has 3 unspecified atom stereocenters. The number of aliphatic carboxylic acids is 1. The van der Waals surface area contributed by atoms with Crippen molar-refractivity contribution in [1.29, 1.82) is 0 Å². The molecule has 1 fully saturated rings. The lowest BCUT2D eigenvalue weighted by atomic mass is 10.1. The van der Waals surface area contributed by atoms with Crippen LogP contribution in [0.3, 0.4) is 0 Å². The summed E-state index contributed by atoms with van der Waals surface area (Å²) in [5.41, 5.74) is 0.601. The highest BCUT2D eigenvalue weighted by Gasteiger charge is 2.27. The second-order valence-electron chi connectivity index (χ2n) is 5.56. The molecule has 1 saturated heterocycles. The maximum absolute atomic E-state index is 12.1. The molecule has 3 atom stereocenters. The van der Waals surface area contributed by atoms with E-state index >= 15 is 0 Å². The van der Waals surface area contributed by atoms with E-state index < -0.39 is 24.0 Å². The van der Waals surface area contributed by atoms with Gasteiger partial charge < -0.3 is 26.0 Å². The first-order chi connectivity index (χ1) is 11.0. The Labute approximate surface area is 133 Å². The third kappa shape index (κ3) is 4.78. The number of amides is 2. The molecule has 1 aromatic heterocycles. The zero-order chi connectivity index (χ0) is 16.8. The first-order valence-electron chi connectivity index (χ1n) is 7.51. The average Bonchev–Trinajstić information content (AvgIpc) is 3.19. The standard InChI is InChI=1S/C14H21N5O4/c1-8(18-13(21)10-3-2-4-16-10)12(20)19-11(14(22)23)5-9-6-15-7-17-9/h6-8,10-11,16H,2-5H2,1H3,(H,15,17)(H,18,21)(H,19,20)(H,22,23). The molecule has 2 heterocycles. The summed E-state index contributed by atoms with van der Waals surface area (Å²) in [5.74, 6) is -1.93. The van der Waals surface area contributed by atoms with Crippen LogP contribution < -0.4 is 16.0 Å². The zero-order valence-electron chi connectivity index (χ0n) is 12.8. The number of rotatable bonds is 7. The molecule has 1 aromatic rings. The number of imidazole rings is 1. The summed E-state index contributed by atoms with van der Waals surface area (Å²) in [6.07, 6.45) is 4.68. The third-order valence-corrected chi connectivity index (χ3v) is 3.72. The van der Waals surface area contributed by atoms with E-state index in [9.17, 15) is 19.5 Å². The minimum atomic E-state index is -1.15. The van der Waals surface area contributed by atoms with Gasteiger partial charge in [0.2, 0.25) is 11.8 Å². The Hall–Kier alpha value is -2.42. The van der Waals surface area contributed by atoms with Crippen molar-refractivity contribution in [3.8, 4) is 0 Å². The Bertz CT molecular complexity index is 554. The van der Waals surface area contributed by atoms with Crippen LogP contribution in [-0.4, -0.2) is 57.5 Å².